The highest BCUT2D eigenvalue weighted by Gasteiger charge is 2.28. The zero-order valence-corrected chi connectivity index (χ0v) is 12.4. The van der Waals surface area contributed by atoms with E-state index in [0.717, 1.165) is 32.1 Å². The largest absolute Gasteiger partial charge is 0.203 e. The number of rotatable bonds is 8. The molecule has 0 saturated carbocycles. The van der Waals surface area contributed by atoms with Gasteiger partial charge in [-0.05, 0) is 12.3 Å². The van der Waals surface area contributed by atoms with Crippen LogP contribution in [-0.2, 0) is 0 Å². The van der Waals surface area contributed by atoms with Crippen molar-refractivity contribution in [3.8, 4) is 0 Å². The van der Waals surface area contributed by atoms with Crippen LogP contribution in [0.3, 0.4) is 0 Å². The summed E-state index contributed by atoms with van der Waals surface area (Å²) < 4.78 is 66.4. The van der Waals surface area contributed by atoms with E-state index in [0.29, 0.717) is 12.8 Å². The van der Waals surface area contributed by atoms with E-state index in [-0.39, 0.29) is 0 Å². The highest BCUT2D eigenvalue weighted by molar-refractivity contribution is 5.27. The van der Waals surface area contributed by atoms with Crippen molar-refractivity contribution in [2.24, 2.45) is 0 Å². The van der Waals surface area contributed by atoms with Crippen molar-refractivity contribution in [3.05, 3.63) is 34.6 Å². The monoisotopic (exact) mass is 308 g/mol. The molecule has 0 saturated heterocycles. The molecule has 1 aromatic carbocycles. The van der Waals surface area contributed by atoms with Crippen molar-refractivity contribution < 1.29 is 22.0 Å². The maximum absolute atomic E-state index is 13.6. The minimum absolute atomic E-state index is 0.407. The van der Waals surface area contributed by atoms with Gasteiger partial charge in [0.25, 0.3) is 0 Å². The van der Waals surface area contributed by atoms with Gasteiger partial charge < -0.3 is 0 Å². The molecule has 0 nitrogen and oxygen atoms in total. The quantitative estimate of drug-likeness (QED) is 0.231. The fourth-order valence-electron chi connectivity index (χ4n) is 2.43. The maximum Gasteiger partial charge on any atom is 0.200 e. The smallest absolute Gasteiger partial charge is 0.200 e. The minimum Gasteiger partial charge on any atom is -0.203 e. The van der Waals surface area contributed by atoms with Crippen LogP contribution in [0, 0.1) is 29.1 Å². The molecule has 0 N–H and O–H groups in total. The van der Waals surface area contributed by atoms with Crippen molar-refractivity contribution in [1.82, 2.24) is 0 Å². The predicted molar refractivity (Wildman–Crippen MR) is 72.6 cm³/mol. The van der Waals surface area contributed by atoms with Crippen molar-refractivity contribution in [1.29, 1.82) is 0 Å². The van der Waals surface area contributed by atoms with Gasteiger partial charge in [-0.3, -0.25) is 0 Å². The van der Waals surface area contributed by atoms with E-state index < -0.39 is 40.6 Å². The molecule has 1 aromatic rings. The molecular formula is C16H21F5. The van der Waals surface area contributed by atoms with Gasteiger partial charge in [-0.2, -0.15) is 0 Å². The Morgan fingerprint density at radius 3 is 1.62 bits per heavy atom. The Morgan fingerprint density at radius 2 is 1.10 bits per heavy atom. The lowest BCUT2D eigenvalue weighted by molar-refractivity contribution is 0.362. The third-order valence-electron chi connectivity index (χ3n) is 3.73. The standard InChI is InChI=1S/C16H21F5/c1-3-4-5-6-7-8-9-10(2)11-12(17)14(19)16(21)15(20)13(11)18/h10H,3-9H2,1-2H3. The molecule has 1 atom stereocenters. The van der Waals surface area contributed by atoms with E-state index in [1.165, 1.54) is 6.92 Å². The Labute approximate surface area is 122 Å². The van der Waals surface area contributed by atoms with E-state index in [4.69, 9.17) is 0 Å². The van der Waals surface area contributed by atoms with Crippen LogP contribution < -0.4 is 0 Å². The molecule has 1 rings (SSSR count). The number of hydrogen-bond donors (Lipinski definition) is 0. The van der Waals surface area contributed by atoms with Crippen LogP contribution in [0.2, 0.25) is 0 Å². The van der Waals surface area contributed by atoms with Gasteiger partial charge in [0.15, 0.2) is 23.3 Å². The lowest BCUT2D eigenvalue weighted by Gasteiger charge is -2.15. The summed E-state index contributed by atoms with van der Waals surface area (Å²) in [5.74, 6) is -9.92. The van der Waals surface area contributed by atoms with Gasteiger partial charge >= 0.3 is 0 Å². The first-order chi connectivity index (χ1) is 9.91. The first kappa shape index (κ1) is 17.9. The summed E-state index contributed by atoms with van der Waals surface area (Å²) in [6.45, 7) is 3.59. The summed E-state index contributed by atoms with van der Waals surface area (Å²) in [6, 6.07) is 0. The van der Waals surface area contributed by atoms with Crippen LogP contribution in [-0.4, -0.2) is 0 Å². The Bertz CT molecular complexity index is 441. The van der Waals surface area contributed by atoms with Gasteiger partial charge in [-0.1, -0.05) is 52.4 Å². The van der Waals surface area contributed by atoms with Crippen LogP contribution in [0.4, 0.5) is 22.0 Å². The zero-order chi connectivity index (χ0) is 16.0. The summed E-state index contributed by atoms with van der Waals surface area (Å²) in [7, 11) is 0. The number of halogens is 5. The molecule has 0 heterocycles. The highest BCUT2D eigenvalue weighted by atomic mass is 19.2. The van der Waals surface area contributed by atoms with E-state index in [2.05, 4.69) is 6.92 Å². The third-order valence-corrected chi connectivity index (χ3v) is 3.73. The minimum atomic E-state index is -2.10. The molecule has 0 radical (unpaired) electrons. The number of hydrogen-bond acceptors (Lipinski definition) is 0. The van der Waals surface area contributed by atoms with E-state index in [9.17, 15) is 22.0 Å². The van der Waals surface area contributed by atoms with E-state index in [1.54, 1.807) is 0 Å². The van der Waals surface area contributed by atoms with Crippen LogP contribution in [0.1, 0.15) is 70.3 Å². The predicted octanol–water partition coefficient (Wildman–Crippen LogP) is 6.24. The Balaban J connectivity index is 2.68. The average molecular weight is 308 g/mol. The molecule has 0 bridgehead atoms. The number of unbranched alkanes of at least 4 members (excludes halogenated alkanes) is 5. The SMILES string of the molecule is CCCCCCCCC(C)c1c(F)c(F)c(F)c(F)c1F. The molecule has 120 valence electrons. The molecule has 0 spiro atoms. The molecule has 0 fully saturated rings. The average Bonchev–Trinajstić information content (AvgIpc) is 2.47. The summed E-state index contributed by atoms with van der Waals surface area (Å²) in [5.41, 5.74) is -0.694. The summed E-state index contributed by atoms with van der Waals surface area (Å²) >= 11 is 0. The lowest BCUT2D eigenvalue weighted by atomic mass is 9.93. The normalized spacial score (nSPS) is 12.7. The molecule has 0 aliphatic rings. The third kappa shape index (κ3) is 4.42. The van der Waals surface area contributed by atoms with Crippen molar-refractivity contribution in [2.45, 2.75) is 64.7 Å². The van der Waals surface area contributed by atoms with Gasteiger partial charge in [0.1, 0.15) is 0 Å². The van der Waals surface area contributed by atoms with Crippen molar-refractivity contribution in [2.75, 3.05) is 0 Å². The summed E-state index contributed by atoms with van der Waals surface area (Å²) in [4.78, 5) is 0. The molecule has 5 heteroatoms. The number of benzene rings is 1. The van der Waals surface area contributed by atoms with Crippen molar-refractivity contribution >= 4 is 0 Å². The fourth-order valence-corrected chi connectivity index (χ4v) is 2.43. The molecule has 0 aliphatic heterocycles. The van der Waals surface area contributed by atoms with E-state index in [1.807, 2.05) is 0 Å². The Hall–Kier alpha value is -1.13. The second kappa shape index (κ2) is 8.35. The molecule has 0 aromatic heterocycles. The topological polar surface area (TPSA) is 0 Å². The zero-order valence-electron chi connectivity index (χ0n) is 12.4. The summed E-state index contributed by atoms with van der Waals surface area (Å²) in [5, 5.41) is 0. The van der Waals surface area contributed by atoms with Gasteiger partial charge in [0.05, 0.1) is 0 Å². The van der Waals surface area contributed by atoms with Crippen LogP contribution in [0.25, 0.3) is 0 Å². The second-order valence-corrected chi connectivity index (χ2v) is 5.44. The summed E-state index contributed by atoms with van der Waals surface area (Å²) in [6.07, 6.45) is 6.42. The van der Waals surface area contributed by atoms with E-state index >= 15 is 0 Å². The Morgan fingerprint density at radius 1 is 0.667 bits per heavy atom. The Kier molecular flexibility index (Phi) is 7.12. The molecule has 0 aliphatic carbocycles. The first-order valence-electron chi connectivity index (χ1n) is 7.43. The van der Waals surface area contributed by atoms with Gasteiger partial charge in [-0.15, -0.1) is 0 Å². The van der Waals surface area contributed by atoms with Crippen LogP contribution >= 0.6 is 0 Å². The maximum atomic E-state index is 13.6. The van der Waals surface area contributed by atoms with Gasteiger partial charge in [-0.25, -0.2) is 22.0 Å². The van der Waals surface area contributed by atoms with Crippen LogP contribution in [0.15, 0.2) is 0 Å². The van der Waals surface area contributed by atoms with Crippen LogP contribution in [0.5, 0.6) is 0 Å². The first-order valence-corrected chi connectivity index (χ1v) is 7.43. The second-order valence-electron chi connectivity index (χ2n) is 5.44. The molecule has 21 heavy (non-hydrogen) atoms. The molecule has 1 unspecified atom stereocenters. The fraction of sp³-hybridized carbons (Fsp3) is 0.625. The lowest BCUT2D eigenvalue weighted by Crippen LogP contribution is -2.10. The molecule has 0 amide bonds. The molecular weight excluding hydrogens is 287 g/mol. The van der Waals surface area contributed by atoms with Crippen molar-refractivity contribution in [3.63, 3.8) is 0 Å². The van der Waals surface area contributed by atoms with Gasteiger partial charge in [0, 0.05) is 5.56 Å². The van der Waals surface area contributed by atoms with Gasteiger partial charge in [0.2, 0.25) is 5.82 Å². The highest BCUT2D eigenvalue weighted by Crippen LogP contribution is 2.31.